The van der Waals surface area contributed by atoms with E-state index in [-0.39, 0.29) is 12.6 Å². The second-order valence-electron chi connectivity index (χ2n) is 4.30. The van der Waals surface area contributed by atoms with Crippen LogP contribution in [0.25, 0.3) is 11.2 Å². The van der Waals surface area contributed by atoms with Gasteiger partial charge in [-0.2, -0.15) is 0 Å². The number of fused-ring (bicyclic) bond motifs is 1. The first-order valence-electron chi connectivity index (χ1n) is 5.63. The number of allylic oxidation sites excluding steroid dienone is 1. The molecule has 0 aliphatic heterocycles. The van der Waals surface area contributed by atoms with E-state index in [1.54, 1.807) is 6.33 Å². The Hall–Kier alpha value is -1.99. The van der Waals surface area contributed by atoms with Crippen molar-refractivity contribution in [2.75, 3.05) is 12.3 Å². The van der Waals surface area contributed by atoms with Gasteiger partial charge in [-0.3, -0.25) is 0 Å². The Morgan fingerprint density at radius 2 is 2.22 bits per heavy atom. The van der Waals surface area contributed by atoms with Crippen molar-refractivity contribution >= 4 is 17.0 Å². The molecule has 1 aliphatic carbocycles. The predicted octanol–water partition coefficient (Wildman–Crippen LogP) is -0.367. The standard InChI is InChI=1S/C11H13N5O2/c12-10-9-11(14-4-13-10)16(5-15-9)7-1-6(3-17)8(18)2-7/h1,4-5,7-8,17-18H,2-3H2,(H2,12,13,14). The highest BCUT2D eigenvalue weighted by Crippen LogP contribution is 2.30. The fourth-order valence-electron chi connectivity index (χ4n) is 2.27. The van der Waals surface area contributed by atoms with Crippen LogP contribution in [0.3, 0.4) is 0 Å². The van der Waals surface area contributed by atoms with E-state index in [1.165, 1.54) is 6.33 Å². The van der Waals surface area contributed by atoms with E-state index < -0.39 is 6.10 Å². The maximum atomic E-state index is 9.77. The van der Waals surface area contributed by atoms with Crippen LogP contribution in [0.4, 0.5) is 5.82 Å². The van der Waals surface area contributed by atoms with Gasteiger partial charge >= 0.3 is 0 Å². The summed E-state index contributed by atoms with van der Waals surface area (Å²) in [5.74, 6) is 0.337. The average Bonchev–Trinajstić information content (AvgIpc) is 2.93. The first-order chi connectivity index (χ1) is 8.70. The van der Waals surface area contributed by atoms with Gasteiger partial charge in [0.15, 0.2) is 11.5 Å². The molecule has 0 amide bonds. The number of aliphatic hydroxyl groups excluding tert-OH is 2. The smallest absolute Gasteiger partial charge is 0.165 e. The zero-order valence-electron chi connectivity index (χ0n) is 9.56. The van der Waals surface area contributed by atoms with Crippen LogP contribution in [0.1, 0.15) is 12.5 Å². The van der Waals surface area contributed by atoms with Crippen LogP contribution in [0, 0.1) is 0 Å². The minimum atomic E-state index is -0.614. The third-order valence-electron chi connectivity index (χ3n) is 3.23. The summed E-state index contributed by atoms with van der Waals surface area (Å²) in [7, 11) is 0. The van der Waals surface area contributed by atoms with Crippen LogP contribution in [-0.4, -0.2) is 42.4 Å². The highest BCUT2D eigenvalue weighted by Gasteiger charge is 2.26. The Morgan fingerprint density at radius 1 is 1.39 bits per heavy atom. The molecule has 0 saturated heterocycles. The van der Waals surface area contributed by atoms with E-state index in [4.69, 9.17) is 10.8 Å². The first-order valence-corrected chi connectivity index (χ1v) is 5.63. The number of anilines is 1. The van der Waals surface area contributed by atoms with E-state index in [0.29, 0.717) is 29.0 Å². The molecule has 2 unspecified atom stereocenters. The fourth-order valence-corrected chi connectivity index (χ4v) is 2.27. The molecule has 2 aromatic heterocycles. The maximum Gasteiger partial charge on any atom is 0.165 e. The summed E-state index contributed by atoms with van der Waals surface area (Å²) in [6, 6.07) is -0.0681. The molecule has 0 radical (unpaired) electrons. The summed E-state index contributed by atoms with van der Waals surface area (Å²) < 4.78 is 1.83. The van der Waals surface area contributed by atoms with Crippen molar-refractivity contribution in [2.24, 2.45) is 0 Å². The molecule has 2 aromatic rings. The largest absolute Gasteiger partial charge is 0.392 e. The number of rotatable bonds is 2. The van der Waals surface area contributed by atoms with Crippen LogP contribution >= 0.6 is 0 Å². The molecule has 1 aliphatic rings. The molecule has 4 N–H and O–H groups in total. The summed E-state index contributed by atoms with van der Waals surface area (Å²) in [6.45, 7) is -0.137. The fraction of sp³-hybridized carbons (Fsp3) is 0.364. The minimum absolute atomic E-state index is 0.0681. The molecule has 0 fully saturated rings. The SMILES string of the molecule is Nc1ncnc2c1ncn2C1C=C(CO)C(O)C1. The van der Waals surface area contributed by atoms with Gasteiger partial charge in [0.25, 0.3) is 0 Å². The average molecular weight is 247 g/mol. The van der Waals surface area contributed by atoms with Crippen LogP contribution in [-0.2, 0) is 0 Å². The minimum Gasteiger partial charge on any atom is -0.392 e. The van der Waals surface area contributed by atoms with Crippen LogP contribution in [0.5, 0.6) is 0 Å². The number of nitrogen functional groups attached to an aromatic ring is 1. The predicted molar refractivity (Wildman–Crippen MR) is 64.6 cm³/mol. The number of aromatic nitrogens is 4. The van der Waals surface area contributed by atoms with Crippen LogP contribution in [0.15, 0.2) is 24.3 Å². The van der Waals surface area contributed by atoms with Crippen molar-refractivity contribution in [3.63, 3.8) is 0 Å². The second-order valence-corrected chi connectivity index (χ2v) is 4.30. The van der Waals surface area contributed by atoms with Crippen molar-refractivity contribution in [2.45, 2.75) is 18.6 Å². The molecule has 0 spiro atoms. The Morgan fingerprint density at radius 3 is 2.94 bits per heavy atom. The zero-order chi connectivity index (χ0) is 12.7. The van der Waals surface area contributed by atoms with Gasteiger partial charge in [0.2, 0.25) is 0 Å². The molecule has 0 bridgehead atoms. The van der Waals surface area contributed by atoms with Crippen molar-refractivity contribution in [3.05, 3.63) is 24.3 Å². The lowest BCUT2D eigenvalue weighted by Gasteiger charge is -2.11. The number of hydrogen-bond acceptors (Lipinski definition) is 6. The molecule has 7 heteroatoms. The van der Waals surface area contributed by atoms with Crippen molar-refractivity contribution < 1.29 is 10.2 Å². The van der Waals surface area contributed by atoms with E-state index in [1.807, 2.05) is 10.6 Å². The van der Waals surface area contributed by atoms with Crippen molar-refractivity contribution in [3.8, 4) is 0 Å². The highest BCUT2D eigenvalue weighted by atomic mass is 16.3. The van der Waals surface area contributed by atoms with E-state index in [9.17, 15) is 5.11 Å². The summed E-state index contributed by atoms with van der Waals surface area (Å²) in [6.07, 6.45) is 4.74. The Bertz CT molecular complexity index is 621. The van der Waals surface area contributed by atoms with E-state index in [2.05, 4.69) is 15.0 Å². The third-order valence-corrected chi connectivity index (χ3v) is 3.23. The molecule has 7 nitrogen and oxygen atoms in total. The summed E-state index contributed by atoms with van der Waals surface area (Å²) >= 11 is 0. The second kappa shape index (κ2) is 4.04. The van der Waals surface area contributed by atoms with Crippen molar-refractivity contribution in [1.29, 1.82) is 0 Å². The Labute approximate surface area is 103 Å². The molecule has 0 saturated carbocycles. The molecular formula is C11H13N5O2. The number of aliphatic hydroxyl groups is 2. The van der Waals surface area contributed by atoms with Gasteiger partial charge < -0.3 is 20.5 Å². The number of imidazole rings is 1. The van der Waals surface area contributed by atoms with E-state index in [0.717, 1.165) is 0 Å². The van der Waals surface area contributed by atoms with Gasteiger partial charge in [-0.25, -0.2) is 15.0 Å². The van der Waals surface area contributed by atoms with Gasteiger partial charge in [-0.1, -0.05) is 6.08 Å². The number of nitrogens with zero attached hydrogens (tertiary/aromatic N) is 4. The summed E-state index contributed by atoms with van der Waals surface area (Å²) in [4.78, 5) is 12.2. The molecule has 18 heavy (non-hydrogen) atoms. The normalized spacial score (nSPS) is 23.6. The Kier molecular flexibility index (Phi) is 2.49. The van der Waals surface area contributed by atoms with Gasteiger partial charge in [0.1, 0.15) is 11.8 Å². The molecule has 94 valence electrons. The first kappa shape index (κ1) is 11.1. The van der Waals surface area contributed by atoms with Crippen LogP contribution < -0.4 is 5.73 Å². The molecule has 2 atom stereocenters. The third kappa shape index (κ3) is 1.56. The lowest BCUT2D eigenvalue weighted by molar-refractivity contribution is 0.182. The number of nitrogens with two attached hydrogens (primary N) is 1. The molecule has 3 rings (SSSR count). The van der Waals surface area contributed by atoms with Gasteiger partial charge in [0, 0.05) is 6.42 Å². The summed E-state index contributed by atoms with van der Waals surface area (Å²) in [5, 5.41) is 18.9. The van der Waals surface area contributed by atoms with Gasteiger partial charge in [0.05, 0.1) is 25.1 Å². The van der Waals surface area contributed by atoms with Gasteiger partial charge in [-0.15, -0.1) is 0 Å². The quantitative estimate of drug-likeness (QED) is 0.625. The van der Waals surface area contributed by atoms with Crippen LogP contribution in [0.2, 0.25) is 0 Å². The molecular weight excluding hydrogens is 234 g/mol. The zero-order valence-corrected chi connectivity index (χ0v) is 9.56. The van der Waals surface area contributed by atoms with Crippen molar-refractivity contribution in [1.82, 2.24) is 19.5 Å². The van der Waals surface area contributed by atoms with Gasteiger partial charge in [-0.05, 0) is 5.57 Å². The lowest BCUT2D eigenvalue weighted by Crippen LogP contribution is -2.11. The summed E-state index contributed by atoms with van der Waals surface area (Å²) in [5.41, 5.74) is 7.53. The number of hydrogen-bond donors (Lipinski definition) is 3. The monoisotopic (exact) mass is 247 g/mol. The highest BCUT2D eigenvalue weighted by molar-refractivity contribution is 5.81. The van der Waals surface area contributed by atoms with E-state index >= 15 is 0 Å². The topological polar surface area (TPSA) is 110 Å². The lowest BCUT2D eigenvalue weighted by atomic mass is 10.2. The molecule has 0 aromatic carbocycles. The Balaban J connectivity index is 2.06. The molecule has 2 heterocycles. The maximum absolute atomic E-state index is 9.77.